The molecule has 4 aromatic rings. The van der Waals surface area contributed by atoms with Gasteiger partial charge in [-0.25, -0.2) is 9.97 Å². The average Bonchev–Trinajstić information content (AvgIpc) is 3.52. The fourth-order valence-corrected chi connectivity index (χ4v) is 4.68. The van der Waals surface area contributed by atoms with Crippen LogP contribution in [0.25, 0.3) is 21.9 Å². The standard InChI is InChI=1S/C22H19ClN4O3S2/c1-13(28)24-10-16-6-7-19(32-16)17-12-31-22(26-17)27-20(29)8-9-21-25-11-18(30-21)14-2-4-15(23)5-3-14/h2-7,11-12H,8-10H2,1H3,(H,24,28)(H,26,27,29). The van der Waals surface area contributed by atoms with Crippen molar-refractivity contribution >= 4 is 51.2 Å². The van der Waals surface area contributed by atoms with Crippen LogP contribution in [0, 0.1) is 0 Å². The van der Waals surface area contributed by atoms with Crippen molar-refractivity contribution < 1.29 is 14.0 Å². The summed E-state index contributed by atoms with van der Waals surface area (Å²) in [6, 6.07) is 11.2. The second-order valence-electron chi connectivity index (χ2n) is 6.89. The van der Waals surface area contributed by atoms with Crippen molar-refractivity contribution in [3.63, 3.8) is 0 Å². The number of halogens is 1. The Labute approximate surface area is 197 Å². The van der Waals surface area contributed by atoms with Crippen molar-refractivity contribution in [1.82, 2.24) is 15.3 Å². The normalized spacial score (nSPS) is 10.8. The van der Waals surface area contributed by atoms with Gasteiger partial charge in [0.25, 0.3) is 0 Å². The molecule has 0 aliphatic rings. The van der Waals surface area contributed by atoms with Gasteiger partial charge in [0.05, 0.1) is 23.3 Å². The Hall–Kier alpha value is -3.01. The van der Waals surface area contributed by atoms with E-state index in [-0.39, 0.29) is 18.2 Å². The number of aryl methyl sites for hydroxylation is 1. The van der Waals surface area contributed by atoms with Crippen LogP contribution < -0.4 is 10.6 Å². The lowest BCUT2D eigenvalue weighted by Crippen LogP contribution is -2.17. The van der Waals surface area contributed by atoms with Gasteiger partial charge >= 0.3 is 0 Å². The van der Waals surface area contributed by atoms with Crippen molar-refractivity contribution in [2.75, 3.05) is 5.32 Å². The minimum absolute atomic E-state index is 0.0652. The Bertz CT molecular complexity index is 1230. The fourth-order valence-electron chi connectivity index (χ4n) is 2.84. The molecular weight excluding hydrogens is 468 g/mol. The van der Waals surface area contributed by atoms with Crippen LogP contribution in [0.15, 0.2) is 52.4 Å². The predicted octanol–water partition coefficient (Wildman–Crippen LogP) is 5.39. The van der Waals surface area contributed by atoms with Gasteiger partial charge in [0.2, 0.25) is 11.8 Å². The largest absolute Gasteiger partial charge is 0.441 e. The van der Waals surface area contributed by atoms with Crippen LogP contribution in [-0.2, 0) is 22.6 Å². The molecule has 0 atom stereocenters. The zero-order valence-electron chi connectivity index (χ0n) is 17.1. The van der Waals surface area contributed by atoms with Gasteiger partial charge in [-0.3, -0.25) is 9.59 Å². The molecule has 0 bridgehead atoms. The number of amides is 2. The molecule has 0 spiro atoms. The summed E-state index contributed by atoms with van der Waals surface area (Å²) in [5, 5.41) is 8.69. The number of benzene rings is 1. The number of carbonyl (C=O) groups is 2. The van der Waals surface area contributed by atoms with Crippen LogP contribution in [0.3, 0.4) is 0 Å². The molecule has 2 amide bonds. The lowest BCUT2D eigenvalue weighted by molar-refractivity contribution is -0.119. The van der Waals surface area contributed by atoms with E-state index < -0.39 is 0 Å². The highest BCUT2D eigenvalue weighted by Gasteiger charge is 2.12. The summed E-state index contributed by atoms with van der Waals surface area (Å²) in [7, 11) is 0. The van der Waals surface area contributed by atoms with E-state index in [0.29, 0.717) is 34.8 Å². The molecule has 0 unspecified atom stereocenters. The number of oxazole rings is 1. The van der Waals surface area contributed by atoms with E-state index in [1.807, 2.05) is 29.6 Å². The number of hydrogen-bond acceptors (Lipinski definition) is 7. The second-order valence-corrected chi connectivity index (χ2v) is 9.35. The van der Waals surface area contributed by atoms with E-state index in [9.17, 15) is 9.59 Å². The summed E-state index contributed by atoms with van der Waals surface area (Å²) < 4.78 is 5.74. The summed E-state index contributed by atoms with van der Waals surface area (Å²) in [5.74, 6) is 0.907. The number of nitrogens with one attached hydrogen (secondary N) is 2. The average molecular weight is 487 g/mol. The Morgan fingerprint density at radius 3 is 2.75 bits per heavy atom. The second kappa shape index (κ2) is 10.1. The molecule has 1 aromatic carbocycles. The molecule has 3 heterocycles. The Kier molecular flexibility index (Phi) is 6.99. The van der Waals surface area contributed by atoms with Gasteiger partial charge in [-0.15, -0.1) is 22.7 Å². The number of hydrogen-bond donors (Lipinski definition) is 2. The molecule has 10 heteroatoms. The molecule has 32 heavy (non-hydrogen) atoms. The van der Waals surface area contributed by atoms with E-state index in [1.54, 1.807) is 29.7 Å². The summed E-state index contributed by atoms with van der Waals surface area (Å²) in [4.78, 5) is 34.1. The number of rotatable bonds is 8. The maximum Gasteiger partial charge on any atom is 0.226 e. The van der Waals surface area contributed by atoms with E-state index in [2.05, 4.69) is 20.6 Å². The number of nitrogens with zero attached hydrogens (tertiary/aromatic N) is 2. The lowest BCUT2D eigenvalue weighted by Gasteiger charge is -2.00. The first kappa shape index (κ1) is 22.2. The summed E-state index contributed by atoms with van der Waals surface area (Å²) in [5.41, 5.74) is 1.67. The van der Waals surface area contributed by atoms with Crippen molar-refractivity contribution in [1.29, 1.82) is 0 Å². The molecule has 0 radical (unpaired) electrons. The highest BCUT2D eigenvalue weighted by molar-refractivity contribution is 7.17. The minimum atomic E-state index is -0.158. The molecular formula is C22H19ClN4O3S2. The minimum Gasteiger partial charge on any atom is -0.441 e. The number of thiazole rings is 1. The SMILES string of the molecule is CC(=O)NCc1ccc(-c2csc(NC(=O)CCc3ncc(-c4ccc(Cl)cc4)o3)n2)s1. The molecule has 0 saturated heterocycles. The van der Waals surface area contributed by atoms with Crippen LogP contribution in [0.5, 0.6) is 0 Å². The van der Waals surface area contributed by atoms with Crippen LogP contribution in [-0.4, -0.2) is 21.8 Å². The first-order chi connectivity index (χ1) is 15.5. The van der Waals surface area contributed by atoms with Crippen LogP contribution in [0.2, 0.25) is 5.02 Å². The van der Waals surface area contributed by atoms with Gasteiger partial charge in [-0.2, -0.15) is 0 Å². The van der Waals surface area contributed by atoms with Gasteiger partial charge in [0.15, 0.2) is 16.8 Å². The number of aromatic nitrogens is 2. The number of anilines is 1. The van der Waals surface area contributed by atoms with Crippen molar-refractivity contribution in [2.24, 2.45) is 0 Å². The molecule has 7 nitrogen and oxygen atoms in total. The van der Waals surface area contributed by atoms with E-state index in [1.165, 1.54) is 18.3 Å². The molecule has 3 aromatic heterocycles. The molecule has 0 fully saturated rings. The van der Waals surface area contributed by atoms with Gasteiger partial charge in [0, 0.05) is 40.6 Å². The van der Waals surface area contributed by atoms with E-state index in [0.717, 1.165) is 21.0 Å². The predicted molar refractivity (Wildman–Crippen MR) is 127 cm³/mol. The Balaban J connectivity index is 1.29. The third kappa shape index (κ3) is 5.82. The smallest absolute Gasteiger partial charge is 0.226 e. The van der Waals surface area contributed by atoms with Crippen molar-refractivity contribution in [3.05, 3.63) is 63.8 Å². The molecule has 0 saturated carbocycles. The zero-order chi connectivity index (χ0) is 22.5. The third-order valence-corrected chi connectivity index (χ3v) is 6.54. The molecule has 0 aliphatic carbocycles. The topological polar surface area (TPSA) is 97.1 Å². The first-order valence-electron chi connectivity index (χ1n) is 9.76. The van der Waals surface area contributed by atoms with Crippen LogP contribution in [0.1, 0.15) is 24.1 Å². The van der Waals surface area contributed by atoms with Crippen molar-refractivity contribution in [2.45, 2.75) is 26.3 Å². The van der Waals surface area contributed by atoms with Crippen LogP contribution >= 0.6 is 34.3 Å². The number of thiophene rings is 1. The summed E-state index contributed by atoms with van der Waals surface area (Å²) >= 11 is 8.83. The fraction of sp³-hybridized carbons (Fsp3) is 0.182. The van der Waals surface area contributed by atoms with Crippen molar-refractivity contribution in [3.8, 4) is 21.9 Å². The highest BCUT2D eigenvalue weighted by Crippen LogP contribution is 2.31. The van der Waals surface area contributed by atoms with Gasteiger partial charge in [-0.1, -0.05) is 11.6 Å². The Morgan fingerprint density at radius 2 is 1.97 bits per heavy atom. The molecule has 164 valence electrons. The zero-order valence-corrected chi connectivity index (χ0v) is 19.4. The maximum atomic E-state index is 12.3. The van der Waals surface area contributed by atoms with E-state index >= 15 is 0 Å². The molecule has 0 aliphatic heterocycles. The number of carbonyl (C=O) groups excluding carboxylic acids is 2. The van der Waals surface area contributed by atoms with Crippen LogP contribution in [0.4, 0.5) is 5.13 Å². The monoisotopic (exact) mass is 486 g/mol. The maximum absolute atomic E-state index is 12.3. The first-order valence-corrected chi connectivity index (χ1v) is 11.8. The summed E-state index contributed by atoms with van der Waals surface area (Å²) in [6.07, 6.45) is 2.26. The highest BCUT2D eigenvalue weighted by atomic mass is 35.5. The summed E-state index contributed by atoms with van der Waals surface area (Å²) in [6.45, 7) is 1.98. The third-order valence-electron chi connectivity index (χ3n) is 4.42. The molecule has 4 rings (SSSR count). The van der Waals surface area contributed by atoms with Gasteiger partial charge in [0.1, 0.15) is 0 Å². The lowest BCUT2D eigenvalue weighted by atomic mass is 10.2. The molecule has 2 N–H and O–H groups in total. The van der Waals surface area contributed by atoms with Gasteiger partial charge in [-0.05, 0) is 36.4 Å². The van der Waals surface area contributed by atoms with Gasteiger partial charge < -0.3 is 15.1 Å². The van der Waals surface area contributed by atoms with E-state index in [4.69, 9.17) is 16.0 Å². The Morgan fingerprint density at radius 1 is 1.16 bits per heavy atom. The quantitative estimate of drug-likeness (QED) is 0.348.